The molecule has 0 aromatic heterocycles. The Balaban J connectivity index is -0.000000101. The van der Waals surface area contributed by atoms with Gasteiger partial charge in [-0.25, -0.2) is 0 Å². The van der Waals surface area contributed by atoms with E-state index in [1.165, 1.54) is 0 Å². The van der Waals surface area contributed by atoms with Gasteiger partial charge in [0.25, 0.3) is 0 Å². The standard InChI is InChI=1S/C2H9NO7P2.4Na/c3-1-2(4,11(5,6)7)12(8,9)10;;;;/h4H,1,3H2,(H2,5,6,7)(H2,8,9,10);;;;/q;;3*+1/p-3. The Morgan fingerprint density at radius 1 is 1.12 bits per heavy atom. The van der Waals surface area contributed by atoms with Crippen LogP contribution < -0.4 is 109 Å². The quantitative estimate of drug-likeness (QED) is 0.341. The fourth-order valence-corrected chi connectivity index (χ4v) is 2.07. The first kappa shape index (κ1) is 32.2. The molecular formula is C2H6NNa4O7P2. The molecule has 0 saturated heterocycles. The van der Waals surface area contributed by atoms with Gasteiger partial charge in [0, 0.05) is 36.1 Å². The third-order valence-electron chi connectivity index (χ3n) is 1.17. The minimum absolute atomic E-state index is 0. The summed E-state index contributed by atoms with van der Waals surface area (Å²) in [6.07, 6.45) is 0. The average molecular weight is 310 g/mol. The minimum Gasteiger partial charge on any atom is -0.808 e. The Hall–Kier alpha value is 4.22. The summed E-state index contributed by atoms with van der Waals surface area (Å²) in [5.74, 6) is 0. The van der Waals surface area contributed by atoms with Crippen molar-refractivity contribution < 1.29 is 122 Å². The van der Waals surface area contributed by atoms with E-state index in [2.05, 4.69) is 5.73 Å². The summed E-state index contributed by atoms with van der Waals surface area (Å²) in [6, 6.07) is 0. The van der Waals surface area contributed by atoms with Gasteiger partial charge >= 0.3 is 88.7 Å². The molecule has 8 nitrogen and oxygen atoms in total. The molecule has 0 aromatic carbocycles. The maximum atomic E-state index is 10.2. The predicted octanol–water partition coefficient (Wildman–Crippen LogP) is -13.3. The van der Waals surface area contributed by atoms with Gasteiger partial charge in [0.1, 0.15) is 0 Å². The van der Waals surface area contributed by atoms with Crippen LogP contribution in [0.1, 0.15) is 0 Å². The number of rotatable bonds is 3. The first-order chi connectivity index (χ1) is 5.06. The topological polar surface area (TPSA) is 170 Å². The van der Waals surface area contributed by atoms with Crippen LogP contribution in [0.5, 0.6) is 0 Å². The average Bonchev–Trinajstić information content (AvgIpc) is 1.81. The first-order valence-electron chi connectivity index (χ1n) is 2.55. The van der Waals surface area contributed by atoms with Crippen LogP contribution in [0, 0.1) is 0 Å². The van der Waals surface area contributed by atoms with Crippen molar-refractivity contribution in [1.82, 2.24) is 0 Å². The third-order valence-corrected chi connectivity index (χ3v) is 4.81. The van der Waals surface area contributed by atoms with Crippen molar-refractivity contribution in [2.75, 3.05) is 6.54 Å². The number of nitrogens with two attached hydrogens (primary N) is 1. The molecule has 4 N–H and O–H groups in total. The molecule has 16 heavy (non-hydrogen) atoms. The van der Waals surface area contributed by atoms with Crippen LogP contribution in [0.25, 0.3) is 0 Å². The monoisotopic (exact) mass is 310 g/mol. The molecule has 0 spiro atoms. The Labute approximate surface area is 181 Å². The molecule has 0 amide bonds. The molecule has 2 unspecified atom stereocenters. The van der Waals surface area contributed by atoms with Gasteiger partial charge in [0.2, 0.25) is 0 Å². The fraction of sp³-hybridized carbons (Fsp3) is 1.00. The number of aliphatic hydroxyl groups is 1. The van der Waals surface area contributed by atoms with E-state index >= 15 is 0 Å². The van der Waals surface area contributed by atoms with E-state index < -0.39 is 26.8 Å². The summed E-state index contributed by atoms with van der Waals surface area (Å²) < 4.78 is 20.4. The van der Waals surface area contributed by atoms with E-state index in [9.17, 15) is 23.8 Å². The summed E-state index contributed by atoms with van der Waals surface area (Å²) in [4.78, 5) is 38.7. The molecule has 0 aliphatic heterocycles. The van der Waals surface area contributed by atoms with Crippen LogP contribution in [-0.4, -0.2) is 51.2 Å². The normalized spacial score (nSPS) is 17.1. The van der Waals surface area contributed by atoms with Crippen molar-refractivity contribution in [3.63, 3.8) is 0 Å². The van der Waals surface area contributed by atoms with Crippen LogP contribution in [-0.2, 0) is 9.13 Å². The van der Waals surface area contributed by atoms with E-state index in [0.717, 1.165) is 0 Å². The van der Waals surface area contributed by atoms with Crippen molar-refractivity contribution >= 4 is 44.7 Å². The van der Waals surface area contributed by atoms with Gasteiger partial charge in [-0.15, -0.1) is 0 Å². The molecule has 0 saturated carbocycles. The second-order valence-corrected chi connectivity index (χ2v) is 5.86. The Morgan fingerprint density at radius 2 is 1.38 bits per heavy atom. The van der Waals surface area contributed by atoms with Crippen molar-refractivity contribution in [3.05, 3.63) is 0 Å². The van der Waals surface area contributed by atoms with E-state index in [1.54, 1.807) is 0 Å². The van der Waals surface area contributed by atoms with E-state index in [4.69, 9.17) is 10.00 Å². The van der Waals surface area contributed by atoms with Crippen LogP contribution in [0.2, 0.25) is 0 Å². The number of hydrogen-bond donors (Lipinski definition) is 3. The maximum absolute atomic E-state index is 10.2. The molecule has 0 heterocycles. The van der Waals surface area contributed by atoms with E-state index in [0.29, 0.717) is 0 Å². The first-order valence-corrected chi connectivity index (χ1v) is 5.67. The summed E-state index contributed by atoms with van der Waals surface area (Å²) in [6.45, 7) is -1.41. The minimum atomic E-state index is -5.90. The molecule has 2 atom stereocenters. The molecular weight excluding hydrogens is 304 g/mol. The van der Waals surface area contributed by atoms with Gasteiger partial charge in [0.15, 0.2) is 12.7 Å². The molecule has 0 aliphatic rings. The van der Waals surface area contributed by atoms with Gasteiger partial charge in [-0.1, -0.05) is 0 Å². The van der Waals surface area contributed by atoms with Crippen LogP contribution in [0.4, 0.5) is 0 Å². The zero-order valence-electron chi connectivity index (χ0n) is 9.61. The summed E-state index contributed by atoms with van der Waals surface area (Å²) in [5, 5.41) is 4.85. The van der Waals surface area contributed by atoms with Crippen molar-refractivity contribution in [1.29, 1.82) is 0 Å². The predicted molar refractivity (Wildman–Crippen MR) is 37.2 cm³/mol. The second kappa shape index (κ2) is 11.8. The van der Waals surface area contributed by atoms with Crippen LogP contribution in [0.15, 0.2) is 0 Å². The summed E-state index contributed by atoms with van der Waals surface area (Å²) in [5.41, 5.74) is 4.52. The molecule has 75 valence electrons. The van der Waals surface area contributed by atoms with Crippen LogP contribution in [0.3, 0.4) is 0 Å². The largest absolute Gasteiger partial charge is 1.00 e. The van der Waals surface area contributed by atoms with Crippen LogP contribution >= 0.6 is 15.2 Å². The summed E-state index contributed by atoms with van der Waals surface area (Å²) in [7, 11) is -11.6. The van der Waals surface area contributed by atoms with E-state index in [-0.39, 0.29) is 118 Å². The fourth-order valence-electron chi connectivity index (χ4n) is 0.382. The zero-order valence-corrected chi connectivity index (χ0v) is 19.4. The smallest absolute Gasteiger partial charge is 0.808 e. The molecule has 0 aliphatic carbocycles. The Morgan fingerprint density at radius 3 is 1.38 bits per heavy atom. The van der Waals surface area contributed by atoms with Gasteiger partial charge in [-0.2, -0.15) is 0 Å². The molecule has 1 radical (unpaired) electrons. The van der Waals surface area contributed by atoms with Gasteiger partial charge in [-0.3, -0.25) is 0 Å². The van der Waals surface area contributed by atoms with E-state index in [1.807, 2.05) is 0 Å². The zero-order chi connectivity index (χ0) is 10.2. The summed E-state index contributed by atoms with van der Waals surface area (Å²) >= 11 is 0. The molecule has 0 aromatic rings. The SMILES string of the molecule is NCC(O)(P(=O)([O-])[O-])P(=O)([O-])O.[Na+].[Na+].[Na+].[Na]. The van der Waals surface area contributed by atoms with Crippen molar-refractivity contribution in [2.24, 2.45) is 5.73 Å². The van der Waals surface area contributed by atoms with Gasteiger partial charge in [0.05, 0.1) is 0 Å². The Kier molecular flexibility index (Phi) is 23.8. The molecule has 0 fully saturated rings. The third kappa shape index (κ3) is 8.49. The van der Waals surface area contributed by atoms with Crippen molar-refractivity contribution in [2.45, 2.75) is 5.08 Å². The molecule has 0 bridgehead atoms. The maximum Gasteiger partial charge on any atom is 1.00 e. The van der Waals surface area contributed by atoms with Gasteiger partial charge in [-0.05, 0) is 7.60 Å². The van der Waals surface area contributed by atoms with Crippen molar-refractivity contribution in [3.8, 4) is 0 Å². The molecule has 0 rings (SSSR count). The van der Waals surface area contributed by atoms with Gasteiger partial charge < -0.3 is 39.5 Å². The molecule has 14 heteroatoms. The second-order valence-electron chi connectivity index (χ2n) is 2.00. The Bertz CT molecular complexity index is 241. The number of hydrogen-bond acceptors (Lipinski definition) is 7.